The van der Waals surface area contributed by atoms with Gasteiger partial charge in [-0.1, -0.05) is 78.4 Å². The summed E-state index contributed by atoms with van der Waals surface area (Å²) in [5, 5.41) is 3.50. The van der Waals surface area contributed by atoms with Gasteiger partial charge in [0.1, 0.15) is 10.8 Å². The number of carbonyl (C=O) groups is 1. The Morgan fingerprint density at radius 1 is 1.03 bits per heavy atom. The maximum atomic E-state index is 13.4. The quantitative estimate of drug-likeness (QED) is 0.322. The van der Waals surface area contributed by atoms with Gasteiger partial charge in [-0.25, -0.2) is 14.4 Å². The van der Waals surface area contributed by atoms with Gasteiger partial charge in [-0.15, -0.1) is 0 Å². The number of H-pyrrole nitrogens is 1. The van der Waals surface area contributed by atoms with E-state index in [4.69, 9.17) is 4.99 Å². The fraction of sp³-hybridized carbons (Fsp3) is 0.370. The SMILES string of the molecule is CC.CC(C)C.CC(C)CNC(=O)c1nc2c([nH]1)N=C(c1ccc(F)cc1)c1ccccc1S2. The molecule has 0 saturated carbocycles. The van der Waals surface area contributed by atoms with Crippen molar-refractivity contribution in [3.63, 3.8) is 0 Å². The molecule has 3 aromatic rings. The smallest absolute Gasteiger partial charge is 0.287 e. The number of aliphatic imine (C=N–C) groups is 1. The summed E-state index contributed by atoms with van der Waals surface area (Å²) in [6.07, 6.45) is 0. The van der Waals surface area contributed by atoms with E-state index in [1.807, 2.05) is 52.0 Å². The molecule has 2 N–H and O–H groups in total. The van der Waals surface area contributed by atoms with E-state index in [0.29, 0.717) is 29.0 Å². The molecule has 0 unspecified atom stereocenters. The van der Waals surface area contributed by atoms with Crippen molar-refractivity contribution in [2.24, 2.45) is 16.8 Å². The maximum Gasteiger partial charge on any atom is 0.287 e. The fourth-order valence-electron chi connectivity index (χ4n) is 2.84. The Bertz CT molecular complexity index is 1100. The standard InChI is InChI=1S/C21H19FN4OS.C4H10.C2H6/c1-12(2)11-23-20(27)18-25-19-21(26-18)28-16-6-4-3-5-15(16)17(24-19)13-7-9-14(22)10-8-13;1-4(2)3;1-2/h3-10,12H,11H2,1-2H3,(H,23,27)(H,25,26);4H,1-3H3;1-2H3. The summed E-state index contributed by atoms with van der Waals surface area (Å²) >= 11 is 1.46. The fourth-order valence-corrected chi connectivity index (χ4v) is 3.80. The molecule has 0 bridgehead atoms. The Labute approximate surface area is 206 Å². The first-order valence-electron chi connectivity index (χ1n) is 11.7. The van der Waals surface area contributed by atoms with Crippen LogP contribution in [0.3, 0.4) is 0 Å². The highest BCUT2D eigenvalue weighted by molar-refractivity contribution is 7.99. The molecule has 0 fully saturated rings. The Hall–Kier alpha value is -2.93. The van der Waals surface area contributed by atoms with E-state index in [2.05, 4.69) is 36.1 Å². The summed E-state index contributed by atoms with van der Waals surface area (Å²) < 4.78 is 13.4. The van der Waals surface area contributed by atoms with Crippen molar-refractivity contribution in [2.45, 2.75) is 58.4 Å². The molecule has 2 heterocycles. The minimum Gasteiger partial charge on any atom is -0.349 e. The first-order valence-corrected chi connectivity index (χ1v) is 12.6. The molecule has 2 aromatic carbocycles. The van der Waals surface area contributed by atoms with Gasteiger partial charge in [-0.3, -0.25) is 4.79 Å². The van der Waals surface area contributed by atoms with Crippen molar-refractivity contribution in [2.75, 3.05) is 6.54 Å². The Balaban J connectivity index is 0.000000618. The first kappa shape index (κ1) is 27.3. The molecule has 34 heavy (non-hydrogen) atoms. The average Bonchev–Trinajstić information content (AvgIpc) is 3.13. The highest BCUT2D eigenvalue weighted by atomic mass is 32.2. The van der Waals surface area contributed by atoms with Crippen molar-refractivity contribution >= 4 is 29.2 Å². The number of rotatable bonds is 4. The summed E-state index contributed by atoms with van der Waals surface area (Å²) in [5.41, 5.74) is 2.44. The Morgan fingerprint density at radius 2 is 1.65 bits per heavy atom. The molecular formula is C27H35FN4OS. The second kappa shape index (κ2) is 13.1. The molecule has 0 aliphatic carbocycles. The predicted molar refractivity (Wildman–Crippen MR) is 140 cm³/mol. The van der Waals surface area contributed by atoms with Crippen molar-refractivity contribution < 1.29 is 9.18 Å². The second-order valence-electron chi connectivity index (χ2n) is 8.64. The Kier molecular flexibility index (Phi) is 10.5. The molecule has 0 atom stereocenters. The number of aromatic amines is 1. The number of fused-ring (bicyclic) bond motifs is 2. The number of hydrogen-bond donors (Lipinski definition) is 2. The van der Waals surface area contributed by atoms with Gasteiger partial charge in [0.05, 0.1) is 5.71 Å². The van der Waals surface area contributed by atoms with Gasteiger partial charge in [-0.2, -0.15) is 0 Å². The molecular weight excluding hydrogens is 447 g/mol. The molecule has 182 valence electrons. The lowest BCUT2D eigenvalue weighted by Gasteiger charge is -2.09. The van der Waals surface area contributed by atoms with Crippen LogP contribution in [0.2, 0.25) is 0 Å². The first-order chi connectivity index (χ1) is 16.2. The van der Waals surface area contributed by atoms with Gasteiger partial charge in [0.25, 0.3) is 5.91 Å². The molecule has 1 aliphatic heterocycles. The van der Waals surface area contributed by atoms with Crippen LogP contribution < -0.4 is 5.32 Å². The van der Waals surface area contributed by atoms with Crippen molar-refractivity contribution in [3.8, 4) is 0 Å². The van der Waals surface area contributed by atoms with Crippen molar-refractivity contribution in [1.29, 1.82) is 0 Å². The van der Waals surface area contributed by atoms with Gasteiger partial charge in [0, 0.05) is 22.6 Å². The van der Waals surface area contributed by atoms with Crippen LogP contribution in [-0.2, 0) is 0 Å². The Morgan fingerprint density at radius 3 is 2.26 bits per heavy atom. The van der Waals surface area contributed by atoms with Gasteiger partial charge in [0.15, 0.2) is 11.6 Å². The second-order valence-corrected chi connectivity index (χ2v) is 9.67. The largest absolute Gasteiger partial charge is 0.349 e. The minimum atomic E-state index is -0.299. The summed E-state index contributed by atoms with van der Waals surface area (Å²) in [6.45, 7) is 15.1. The van der Waals surface area contributed by atoms with Gasteiger partial charge >= 0.3 is 0 Å². The number of hydrogen-bond acceptors (Lipinski definition) is 4. The number of aromatic nitrogens is 2. The molecule has 0 spiro atoms. The topological polar surface area (TPSA) is 70.1 Å². The van der Waals surface area contributed by atoms with E-state index in [1.165, 1.54) is 23.9 Å². The third kappa shape index (κ3) is 7.55. The number of carbonyl (C=O) groups excluding carboxylic acids is 1. The van der Waals surface area contributed by atoms with Crippen LogP contribution in [0, 0.1) is 17.7 Å². The van der Waals surface area contributed by atoms with Crippen LogP contribution in [0.5, 0.6) is 0 Å². The van der Waals surface area contributed by atoms with E-state index in [-0.39, 0.29) is 17.5 Å². The van der Waals surface area contributed by atoms with Gasteiger partial charge in [-0.05, 0) is 42.2 Å². The summed E-state index contributed by atoms with van der Waals surface area (Å²) in [4.78, 5) is 25.6. The van der Waals surface area contributed by atoms with Crippen LogP contribution in [0.15, 0.2) is 63.4 Å². The molecule has 7 heteroatoms. The van der Waals surface area contributed by atoms with Crippen LogP contribution in [-0.4, -0.2) is 28.1 Å². The summed E-state index contributed by atoms with van der Waals surface area (Å²) in [5.74, 6) is 1.39. The number of halogens is 1. The van der Waals surface area contributed by atoms with E-state index in [0.717, 1.165) is 21.9 Å². The molecule has 0 radical (unpaired) electrons. The highest BCUT2D eigenvalue weighted by Gasteiger charge is 2.23. The lowest BCUT2D eigenvalue weighted by molar-refractivity contribution is 0.0939. The lowest BCUT2D eigenvalue weighted by Crippen LogP contribution is -2.28. The third-order valence-electron chi connectivity index (χ3n) is 4.23. The van der Waals surface area contributed by atoms with Gasteiger partial charge in [0.2, 0.25) is 0 Å². The van der Waals surface area contributed by atoms with Gasteiger partial charge < -0.3 is 10.3 Å². The van der Waals surface area contributed by atoms with E-state index in [1.54, 1.807) is 12.1 Å². The molecule has 4 rings (SSSR count). The molecule has 0 saturated heterocycles. The molecule has 5 nitrogen and oxygen atoms in total. The zero-order valence-corrected chi connectivity index (χ0v) is 21.9. The van der Waals surface area contributed by atoms with Crippen molar-refractivity contribution in [3.05, 3.63) is 71.3 Å². The molecule has 1 aliphatic rings. The maximum absolute atomic E-state index is 13.4. The monoisotopic (exact) mass is 482 g/mol. The summed E-state index contributed by atoms with van der Waals surface area (Å²) in [7, 11) is 0. The van der Waals surface area contributed by atoms with Crippen LogP contribution in [0.4, 0.5) is 10.2 Å². The average molecular weight is 483 g/mol. The lowest BCUT2D eigenvalue weighted by atomic mass is 10.0. The number of imidazole rings is 1. The van der Waals surface area contributed by atoms with E-state index in [9.17, 15) is 9.18 Å². The number of nitrogens with zero attached hydrogens (tertiary/aromatic N) is 2. The molecule has 1 amide bonds. The van der Waals surface area contributed by atoms with Crippen LogP contribution in [0.25, 0.3) is 0 Å². The summed E-state index contributed by atoms with van der Waals surface area (Å²) in [6, 6.07) is 14.1. The van der Waals surface area contributed by atoms with Crippen LogP contribution in [0.1, 0.15) is 70.2 Å². The number of nitrogens with one attached hydrogen (secondary N) is 2. The normalized spacial score (nSPS) is 11.8. The number of amides is 1. The highest BCUT2D eigenvalue weighted by Crippen LogP contribution is 2.39. The van der Waals surface area contributed by atoms with E-state index >= 15 is 0 Å². The molecule has 1 aromatic heterocycles. The minimum absolute atomic E-state index is 0.236. The van der Waals surface area contributed by atoms with E-state index < -0.39 is 0 Å². The van der Waals surface area contributed by atoms with Crippen LogP contribution >= 0.6 is 11.8 Å². The zero-order chi connectivity index (χ0) is 25.3. The zero-order valence-electron chi connectivity index (χ0n) is 21.1. The third-order valence-corrected chi connectivity index (χ3v) is 5.28. The van der Waals surface area contributed by atoms with Crippen molar-refractivity contribution in [1.82, 2.24) is 15.3 Å². The predicted octanol–water partition coefficient (Wildman–Crippen LogP) is 7.26. The number of benzene rings is 2.